The standard InChI is InChI=1S/C13H17BrF2N2/c14-11-5-9(7-18-8-11)6-12(17)10-1-3-13(15,16)4-2-10/h5,7-8,10,12H,1-4,6,17H2. The van der Waals surface area contributed by atoms with Gasteiger partial charge in [-0.3, -0.25) is 4.98 Å². The first kappa shape index (κ1) is 13.9. The Morgan fingerprint density at radius 1 is 1.39 bits per heavy atom. The molecule has 2 rings (SSSR count). The van der Waals surface area contributed by atoms with Gasteiger partial charge in [-0.15, -0.1) is 0 Å². The van der Waals surface area contributed by atoms with E-state index in [1.807, 2.05) is 6.07 Å². The van der Waals surface area contributed by atoms with Gasteiger partial charge in [0.2, 0.25) is 5.92 Å². The molecule has 1 aromatic rings. The molecular formula is C13H17BrF2N2. The molecular weight excluding hydrogens is 302 g/mol. The van der Waals surface area contributed by atoms with Gasteiger partial charge in [0.25, 0.3) is 0 Å². The molecule has 1 unspecified atom stereocenters. The Labute approximate surface area is 114 Å². The van der Waals surface area contributed by atoms with Gasteiger partial charge in [0.1, 0.15) is 0 Å². The van der Waals surface area contributed by atoms with Gasteiger partial charge in [0, 0.05) is 35.7 Å². The minimum absolute atomic E-state index is 0.0257. The van der Waals surface area contributed by atoms with Crippen LogP contribution in [0.5, 0.6) is 0 Å². The first-order valence-corrected chi connectivity index (χ1v) is 6.98. The minimum Gasteiger partial charge on any atom is -0.327 e. The van der Waals surface area contributed by atoms with Crippen LogP contribution in [0.25, 0.3) is 0 Å². The third-order valence-electron chi connectivity index (χ3n) is 3.60. The number of alkyl halides is 2. The maximum absolute atomic E-state index is 13.1. The topological polar surface area (TPSA) is 38.9 Å². The maximum atomic E-state index is 13.1. The Bertz CT molecular complexity index is 402. The van der Waals surface area contributed by atoms with Crippen molar-refractivity contribution in [1.29, 1.82) is 0 Å². The Balaban J connectivity index is 1.91. The van der Waals surface area contributed by atoms with E-state index >= 15 is 0 Å². The summed E-state index contributed by atoms with van der Waals surface area (Å²) < 4.78 is 27.0. The monoisotopic (exact) mass is 318 g/mol. The van der Waals surface area contributed by atoms with Gasteiger partial charge in [0.15, 0.2) is 0 Å². The van der Waals surface area contributed by atoms with Crippen molar-refractivity contribution in [3.8, 4) is 0 Å². The summed E-state index contributed by atoms with van der Waals surface area (Å²) in [7, 11) is 0. The summed E-state index contributed by atoms with van der Waals surface area (Å²) in [6.07, 6.45) is 5.19. The van der Waals surface area contributed by atoms with E-state index < -0.39 is 5.92 Å². The highest BCUT2D eigenvalue weighted by Gasteiger charge is 2.36. The second-order valence-electron chi connectivity index (χ2n) is 5.07. The fourth-order valence-corrected chi connectivity index (χ4v) is 2.91. The Morgan fingerprint density at radius 2 is 2.06 bits per heavy atom. The molecule has 0 aliphatic heterocycles. The van der Waals surface area contributed by atoms with Crippen LogP contribution < -0.4 is 5.73 Å². The first-order valence-electron chi connectivity index (χ1n) is 6.19. The summed E-state index contributed by atoms with van der Waals surface area (Å²) in [5, 5.41) is 0. The van der Waals surface area contributed by atoms with Crippen LogP contribution in [-0.4, -0.2) is 16.9 Å². The second kappa shape index (κ2) is 5.61. The van der Waals surface area contributed by atoms with Gasteiger partial charge < -0.3 is 5.73 Å². The van der Waals surface area contributed by atoms with Crippen molar-refractivity contribution in [3.05, 3.63) is 28.5 Å². The number of rotatable bonds is 3. The van der Waals surface area contributed by atoms with Crippen molar-refractivity contribution in [2.24, 2.45) is 11.7 Å². The van der Waals surface area contributed by atoms with Gasteiger partial charge >= 0.3 is 0 Å². The zero-order valence-corrected chi connectivity index (χ0v) is 11.7. The average molecular weight is 319 g/mol. The van der Waals surface area contributed by atoms with Crippen molar-refractivity contribution < 1.29 is 8.78 Å². The number of aromatic nitrogens is 1. The van der Waals surface area contributed by atoms with Crippen LogP contribution in [0.3, 0.4) is 0 Å². The lowest BCUT2D eigenvalue weighted by atomic mass is 9.80. The van der Waals surface area contributed by atoms with Crippen LogP contribution in [0.2, 0.25) is 0 Å². The van der Waals surface area contributed by atoms with Gasteiger partial charge in [-0.2, -0.15) is 0 Å². The summed E-state index contributed by atoms with van der Waals surface area (Å²) in [6.45, 7) is 0. The average Bonchev–Trinajstić information content (AvgIpc) is 2.28. The maximum Gasteiger partial charge on any atom is 0.248 e. The lowest BCUT2D eigenvalue weighted by molar-refractivity contribution is -0.0481. The number of hydrogen-bond donors (Lipinski definition) is 1. The first-order chi connectivity index (χ1) is 8.46. The normalized spacial score (nSPS) is 21.8. The van der Waals surface area contributed by atoms with Gasteiger partial charge in [-0.25, -0.2) is 8.78 Å². The summed E-state index contributed by atoms with van der Waals surface area (Å²) in [6, 6.07) is 1.92. The third kappa shape index (κ3) is 3.72. The number of nitrogens with two attached hydrogens (primary N) is 1. The molecule has 0 radical (unpaired) electrons. The van der Waals surface area contributed by atoms with Crippen LogP contribution in [0, 0.1) is 5.92 Å². The predicted octanol–water partition coefficient (Wildman–Crippen LogP) is 3.54. The SMILES string of the molecule is NC(Cc1cncc(Br)c1)C1CCC(F)(F)CC1. The van der Waals surface area contributed by atoms with Gasteiger partial charge in [-0.1, -0.05) is 0 Å². The van der Waals surface area contributed by atoms with E-state index in [1.54, 1.807) is 12.4 Å². The van der Waals surface area contributed by atoms with Crippen LogP contribution >= 0.6 is 15.9 Å². The molecule has 0 spiro atoms. The number of halogens is 3. The quantitative estimate of drug-likeness (QED) is 0.925. The third-order valence-corrected chi connectivity index (χ3v) is 4.03. The molecule has 1 aliphatic rings. The molecule has 1 fully saturated rings. The summed E-state index contributed by atoms with van der Waals surface area (Å²) >= 11 is 3.36. The van der Waals surface area contributed by atoms with Crippen LogP contribution in [0.1, 0.15) is 31.2 Å². The van der Waals surface area contributed by atoms with Crippen molar-refractivity contribution in [2.45, 2.75) is 44.1 Å². The second-order valence-corrected chi connectivity index (χ2v) is 5.99. The lowest BCUT2D eigenvalue weighted by Crippen LogP contribution is -2.37. The van der Waals surface area contributed by atoms with E-state index in [2.05, 4.69) is 20.9 Å². The Hall–Kier alpha value is -0.550. The van der Waals surface area contributed by atoms with Crippen molar-refractivity contribution in [3.63, 3.8) is 0 Å². The molecule has 2 N–H and O–H groups in total. The summed E-state index contributed by atoms with van der Waals surface area (Å²) in [5.41, 5.74) is 7.18. The van der Waals surface area contributed by atoms with Crippen LogP contribution in [0.15, 0.2) is 22.9 Å². The van der Waals surface area contributed by atoms with E-state index in [4.69, 9.17) is 5.73 Å². The lowest BCUT2D eigenvalue weighted by Gasteiger charge is -2.32. The zero-order chi connectivity index (χ0) is 13.2. The highest BCUT2D eigenvalue weighted by Crippen LogP contribution is 2.37. The molecule has 2 nitrogen and oxygen atoms in total. The van der Waals surface area contributed by atoms with E-state index in [0.717, 1.165) is 10.0 Å². The molecule has 100 valence electrons. The van der Waals surface area contributed by atoms with E-state index in [1.165, 1.54) is 0 Å². The van der Waals surface area contributed by atoms with Crippen LogP contribution in [-0.2, 0) is 6.42 Å². The van der Waals surface area contributed by atoms with Crippen molar-refractivity contribution in [1.82, 2.24) is 4.98 Å². The molecule has 1 atom stereocenters. The fraction of sp³-hybridized carbons (Fsp3) is 0.615. The summed E-state index contributed by atoms with van der Waals surface area (Å²) in [4.78, 5) is 4.08. The van der Waals surface area contributed by atoms with Crippen LogP contribution in [0.4, 0.5) is 8.78 Å². The molecule has 1 aliphatic carbocycles. The van der Waals surface area contributed by atoms with E-state index in [-0.39, 0.29) is 24.8 Å². The molecule has 1 heterocycles. The van der Waals surface area contributed by atoms with Gasteiger partial charge in [0.05, 0.1) is 0 Å². The van der Waals surface area contributed by atoms with Crippen molar-refractivity contribution >= 4 is 15.9 Å². The fourth-order valence-electron chi connectivity index (χ4n) is 2.50. The molecule has 0 amide bonds. The van der Waals surface area contributed by atoms with E-state index in [9.17, 15) is 8.78 Å². The molecule has 18 heavy (non-hydrogen) atoms. The smallest absolute Gasteiger partial charge is 0.248 e. The highest BCUT2D eigenvalue weighted by atomic mass is 79.9. The minimum atomic E-state index is -2.48. The molecule has 0 aromatic carbocycles. The number of hydrogen-bond acceptors (Lipinski definition) is 2. The molecule has 0 saturated heterocycles. The number of nitrogens with zero attached hydrogens (tertiary/aromatic N) is 1. The Kier molecular flexibility index (Phi) is 4.33. The number of pyridine rings is 1. The molecule has 1 saturated carbocycles. The van der Waals surface area contributed by atoms with Gasteiger partial charge in [-0.05, 0) is 52.7 Å². The molecule has 1 aromatic heterocycles. The van der Waals surface area contributed by atoms with E-state index in [0.29, 0.717) is 19.3 Å². The zero-order valence-electron chi connectivity index (χ0n) is 10.1. The Morgan fingerprint density at radius 3 is 2.67 bits per heavy atom. The summed E-state index contributed by atoms with van der Waals surface area (Å²) in [5.74, 6) is -2.28. The highest BCUT2D eigenvalue weighted by molar-refractivity contribution is 9.10. The molecule has 0 bridgehead atoms. The largest absolute Gasteiger partial charge is 0.327 e. The van der Waals surface area contributed by atoms with Crippen molar-refractivity contribution in [2.75, 3.05) is 0 Å². The molecule has 5 heteroatoms. The predicted molar refractivity (Wildman–Crippen MR) is 70.5 cm³/mol.